The van der Waals surface area contributed by atoms with E-state index in [9.17, 15) is 17.9 Å². The van der Waals surface area contributed by atoms with Gasteiger partial charge < -0.3 is 10.1 Å². The van der Waals surface area contributed by atoms with Gasteiger partial charge in [-0.3, -0.25) is 0 Å². The molecule has 2 aromatic carbocycles. The molecule has 3 unspecified atom stereocenters. The lowest BCUT2D eigenvalue weighted by atomic mass is 9.88. The highest BCUT2D eigenvalue weighted by Gasteiger charge is 2.36. The summed E-state index contributed by atoms with van der Waals surface area (Å²) in [5.74, 6) is -0.352. The number of alkyl halides is 1. The minimum Gasteiger partial charge on any atom is -0.380 e. The third-order valence-electron chi connectivity index (χ3n) is 6.12. The van der Waals surface area contributed by atoms with Crippen molar-refractivity contribution in [3.8, 4) is 0 Å². The van der Waals surface area contributed by atoms with Crippen LogP contribution in [-0.4, -0.2) is 29.2 Å². The molecule has 0 amide bonds. The molecule has 0 spiro atoms. The highest BCUT2D eigenvalue weighted by molar-refractivity contribution is 7.91. The van der Waals surface area contributed by atoms with E-state index in [-0.39, 0.29) is 22.4 Å². The number of hydrogen-bond donors (Lipinski definition) is 2. The van der Waals surface area contributed by atoms with Crippen molar-refractivity contribution in [2.75, 3.05) is 5.75 Å². The summed E-state index contributed by atoms with van der Waals surface area (Å²) in [4.78, 5) is 7.77. The van der Waals surface area contributed by atoms with Crippen molar-refractivity contribution in [1.82, 2.24) is 9.97 Å². The molecular weight excluding hydrogens is 486 g/mol. The van der Waals surface area contributed by atoms with Crippen LogP contribution in [0.1, 0.15) is 58.6 Å². The third-order valence-corrected chi connectivity index (χ3v) is 8.82. The van der Waals surface area contributed by atoms with Gasteiger partial charge in [-0.05, 0) is 54.2 Å². The van der Waals surface area contributed by atoms with Gasteiger partial charge in [0.15, 0.2) is 9.84 Å². The molecule has 2 N–H and O–H groups in total. The first-order chi connectivity index (χ1) is 15.7. The Balaban J connectivity index is 1.41. The van der Waals surface area contributed by atoms with E-state index in [1.54, 1.807) is 36.4 Å². The number of allylic oxidation sites excluding steroid dienone is 1. The number of fused-ring (bicyclic) bond motifs is 1. The van der Waals surface area contributed by atoms with E-state index in [2.05, 4.69) is 9.97 Å². The van der Waals surface area contributed by atoms with Crippen LogP contribution in [-0.2, 0) is 9.84 Å². The first-order valence-corrected chi connectivity index (χ1v) is 13.1. The number of rotatable bonds is 6. The minimum atomic E-state index is -3.33. The number of aromatic nitrogens is 2. The fraction of sp³-hybridized carbons (Fsp3) is 0.292. The molecule has 5 nitrogen and oxygen atoms in total. The maximum atomic E-state index is 14.4. The summed E-state index contributed by atoms with van der Waals surface area (Å²) < 4.78 is 39.3. The third kappa shape index (κ3) is 4.35. The summed E-state index contributed by atoms with van der Waals surface area (Å²) in [6, 6.07) is 12.5. The Kier molecular flexibility index (Phi) is 5.85. The van der Waals surface area contributed by atoms with Gasteiger partial charge in [0.2, 0.25) is 0 Å². The van der Waals surface area contributed by atoms with Crippen LogP contribution >= 0.6 is 23.2 Å². The Labute approximate surface area is 201 Å². The molecule has 2 aliphatic carbocycles. The van der Waals surface area contributed by atoms with Gasteiger partial charge in [-0.1, -0.05) is 41.9 Å². The number of imidazole rings is 1. The van der Waals surface area contributed by atoms with Crippen molar-refractivity contribution in [2.24, 2.45) is 5.92 Å². The molecule has 2 aliphatic rings. The van der Waals surface area contributed by atoms with Gasteiger partial charge in [-0.25, -0.2) is 17.8 Å². The topological polar surface area (TPSA) is 83.1 Å². The highest BCUT2D eigenvalue weighted by Crippen LogP contribution is 2.48. The second kappa shape index (κ2) is 8.55. The number of halogens is 3. The van der Waals surface area contributed by atoms with Crippen molar-refractivity contribution in [3.63, 3.8) is 0 Å². The largest absolute Gasteiger partial charge is 0.380 e. The van der Waals surface area contributed by atoms with Crippen LogP contribution in [0.25, 0.3) is 6.08 Å². The zero-order valence-corrected chi connectivity index (χ0v) is 19.7. The Morgan fingerprint density at radius 2 is 1.85 bits per heavy atom. The van der Waals surface area contributed by atoms with Crippen LogP contribution in [0, 0.1) is 11.7 Å². The first-order valence-electron chi connectivity index (χ1n) is 10.6. The average molecular weight is 507 g/mol. The van der Waals surface area contributed by atoms with E-state index in [0.29, 0.717) is 27.5 Å². The monoisotopic (exact) mass is 506 g/mol. The van der Waals surface area contributed by atoms with Gasteiger partial charge in [0.25, 0.3) is 0 Å². The SMILES string of the molecule is O=S(=O)(CC1CC1)c1ccc(C(O)c2nc3c([nH]2)C=C(Cl)C(c2ccccc2F)C3Cl)cc1. The normalized spacial score (nSPS) is 21.4. The molecule has 172 valence electrons. The Morgan fingerprint density at radius 1 is 1.15 bits per heavy atom. The molecule has 0 aliphatic heterocycles. The smallest absolute Gasteiger partial charge is 0.178 e. The molecule has 0 radical (unpaired) electrons. The number of nitrogens with zero attached hydrogens (tertiary/aromatic N) is 1. The maximum absolute atomic E-state index is 14.4. The molecule has 5 rings (SSSR count). The van der Waals surface area contributed by atoms with E-state index >= 15 is 0 Å². The number of benzene rings is 2. The van der Waals surface area contributed by atoms with Gasteiger partial charge in [-0.2, -0.15) is 0 Å². The number of aliphatic hydroxyl groups excluding tert-OH is 1. The Bertz CT molecular complexity index is 1330. The molecule has 3 atom stereocenters. The van der Waals surface area contributed by atoms with Crippen molar-refractivity contribution in [2.45, 2.75) is 35.1 Å². The lowest BCUT2D eigenvalue weighted by Crippen LogP contribution is -2.13. The average Bonchev–Trinajstić information content (AvgIpc) is 3.49. The lowest BCUT2D eigenvalue weighted by Gasteiger charge is -2.25. The van der Waals surface area contributed by atoms with Crippen LogP contribution in [0.5, 0.6) is 0 Å². The molecule has 1 fully saturated rings. The number of hydrogen-bond acceptors (Lipinski definition) is 4. The molecule has 9 heteroatoms. The molecule has 1 aromatic heterocycles. The molecule has 0 saturated heterocycles. The van der Waals surface area contributed by atoms with Crippen LogP contribution in [0.3, 0.4) is 0 Å². The Morgan fingerprint density at radius 3 is 2.52 bits per heavy atom. The van der Waals surface area contributed by atoms with E-state index in [0.717, 1.165) is 12.8 Å². The summed E-state index contributed by atoms with van der Waals surface area (Å²) in [6.45, 7) is 0. The second-order valence-electron chi connectivity index (χ2n) is 8.55. The predicted octanol–water partition coefficient (Wildman–Crippen LogP) is 5.47. The van der Waals surface area contributed by atoms with Crippen LogP contribution in [0.4, 0.5) is 4.39 Å². The van der Waals surface area contributed by atoms with Crippen molar-refractivity contribution in [1.29, 1.82) is 0 Å². The molecule has 33 heavy (non-hydrogen) atoms. The van der Waals surface area contributed by atoms with E-state index in [1.807, 2.05) is 0 Å². The minimum absolute atomic E-state index is 0.160. The van der Waals surface area contributed by atoms with Gasteiger partial charge in [0, 0.05) is 11.0 Å². The summed E-state index contributed by atoms with van der Waals surface area (Å²) in [5.41, 5.74) is 1.87. The van der Waals surface area contributed by atoms with Gasteiger partial charge >= 0.3 is 0 Å². The standard InChI is InChI=1S/C24H21Cl2FN2O3S/c25-17-11-19-22(21(26)20(17)16-3-1-2-4-18(16)27)29-24(28-19)23(30)14-7-9-15(10-8-14)33(31,32)12-13-5-6-13/h1-4,7-11,13,20-21,23,30H,5-6,12H2,(H,28,29). The fourth-order valence-corrected chi connectivity index (χ4v) is 6.69. The second-order valence-corrected chi connectivity index (χ2v) is 11.5. The molecule has 1 heterocycles. The highest BCUT2D eigenvalue weighted by atomic mass is 35.5. The summed E-state index contributed by atoms with van der Waals surface area (Å²) in [5, 5.41) is 10.5. The summed E-state index contributed by atoms with van der Waals surface area (Å²) in [6.07, 6.45) is 2.43. The van der Waals surface area contributed by atoms with Crippen molar-refractivity contribution < 1.29 is 17.9 Å². The fourth-order valence-electron chi connectivity index (χ4n) is 4.13. The van der Waals surface area contributed by atoms with E-state index < -0.39 is 33.1 Å². The van der Waals surface area contributed by atoms with Gasteiger partial charge in [-0.15, -0.1) is 11.6 Å². The van der Waals surface area contributed by atoms with Crippen LogP contribution in [0.15, 0.2) is 58.5 Å². The zero-order valence-electron chi connectivity index (χ0n) is 17.4. The zero-order chi connectivity index (χ0) is 23.3. The number of nitrogens with one attached hydrogen (secondary N) is 1. The predicted molar refractivity (Wildman–Crippen MR) is 125 cm³/mol. The maximum Gasteiger partial charge on any atom is 0.178 e. The van der Waals surface area contributed by atoms with Gasteiger partial charge in [0.05, 0.1) is 27.4 Å². The number of aliphatic hydroxyl groups is 1. The first kappa shape index (κ1) is 22.6. The van der Waals surface area contributed by atoms with Crippen LogP contribution < -0.4 is 0 Å². The van der Waals surface area contributed by atoms with Crippen molar-refractivity contribution >= 4 is 39.1 Å². The van der Waals surface area contributed by atoms with E-state index in [1.165, 1.54) is 18.2 Å². The van der Waals surface area contributed by atoms with Crippen LogP contribution in [0.2, 0.25) is 0 Å². The summed E-state index contributed by atoms with van der Waals surface area (Å²) in [7, 11) is -3.33. The molecular formula is C24H21Cl2FN2O3S. The molecule has 3 aromatic rings. The number of H-pyrrole nitrogens is 1. The lowest BCUT2D eigenvalue weighted by molar-refractivity contribution is 0.210. The molecule has 1 saturated carbocycles. The molecule has 0 bridgehead atoms. The Hall–Kier alpha value is -2.19. The van der Waals surface area contributed by atoms with E-state index in [4.69, 9.17) is 23.2 Å². The quantitative estimate of drug-likeness (QED) is 0.434. The van der Waals surface area contributed by atoms with Crippen molar-refractivity contribution in [3.05, 3.63) is 87.7 Å². The number of aromatic amines is 1. The number of sulfone groups is 1. The van der Waals surface area contributed by atoms with Gasteiger partial charge in [0.1, 0.15) is 17.7 Å². The summed E-state index contributed by atoms with van der Waals surface area (Å²) >= 11 is 13.1.